The molecular formula is C37H66NO8P. The molecule has 10 heteroatoms. The summed E-state index contributed by atoms with van der Waals surface area (Å²) < 4.78 is 32.5. The maximum absolute atomic E-state index is 12.5. The van der Waals surface area contributed by atoms with Gasteiger partial charge in [0.1, 0.15) is 6.61 Å². The standard InChI is InChI=1S/C37H66NO8P/c1-3-5-7-9-11-13-14-15-16-17-18-19-20-22-24-26-28-30-37(40)46-35(34-45-47(41,42)44-32-31-38)33-43-36(39)29-27-25-23-21-12-10-8-6-4-2/h7,9,13-14,16-17,19-20,35H,3-6,8,10-12,15,18,21-34,38H2,1-2H3,(H,41,42)/b9-7+,14-13+,17-16+,20-19+/t35-/m1/s1. The van der Waals surface area contributed by atoms with Gasteiger partial charge in [0.05, 0.1) is 13.2 Å². The summed E-state index contributed by atoms with van der Waals surface area (Å²) in [7, 11) is -4.37. The summed E-state index contributed by atoms with van der Waals surface area (Å²) in [6.07, 6.45) is 35.8. The number of phosphoric ester groups is 1. The number of hydrogen-bond donors (Lipinski definition) is 2. The molecule has 0 heterocycles. The molecule has 0 aromatic carbocycles. The molecule has 1 unspecified atom stereocenters. The summed E-state index contributed by atoms with van der Waals surface area (Å²) in [5.41, 5.74) is 5.32. The molecule has 0 spiro atoms. The van der Waals surface area contributed by atoms with Gasteiger partial charge in [0.15, 0.2) is 6.10 Å². The van der Waals surface area contributed by atoms with E-state index < -0.39 is 32.5 Å². The van der Waals surface area contributed by atoms with Gasteiger partial charge in [0.2, 0.25) is 0 Å². The zero-order valence-electron chi connectivity index (χ0n) is 29.5. The topological polar surface area (TPSA) is 134 Å². The predicted octanol–water partition coefficient (Wildman–Crippen LogP) is 9.60. The highest BCUT2D eigenvalue weighted by atomic mass is 31.2. The Morgan fingerprint density at radius 1 is 0.638 bits per heavy atom. The number of phosphoric acid groups is 1. The Balaban J connectivity index is 4.31. The highest BCUT2D eigenvalue weighted by Gasteiger charge is 2.25. The van der Waals surface area contributed by atoms with Crippen molar-refractivity contribution in [1.82, 2.24) is 0 Å². The van der Waals surface area contributed by atoms with Crippen molar-refractivity contribution in [3.8, 4) is 0 Å². The second-order valence-corrected chi connectivity index (χ2v) is 13.2. The lowest BCUT2D eigenvalue weighted by molar-refractivity contribution is -0.161. The van der Waals surface area contributed by atoms with E-state index in [0.29, 0.717) is 6.42 Å². The number of carbonyl (C=O) groups excluding carboxylic acids is 2. The molecule has 47 heavy (non-hydrogen) atoms. The molecule has 0 aliphatic heterocycles. The van der Waals surface area contributed by atoms with Gasteiger partial charge in [-0.3, -0.25) is 18.6 Å². The summed E-state index contributed by atoms with van der Waals surface area (Å²) in [6.45, 7) is 3.57. The molecule has 0 saturated heterocycles. The van der Waals surface area contributed by atoms with Crippen LogP contribution in [0.2, 0.25) is 0 Å². The van der Waals surface area contributed by atoms with E-state index in [2.05, 4.69) is 62.5 Å². The van der Waals surface area contributed by atoms with Crippen LogP contribution in [-0.4, -0.2) is 49.3 Å². The maximum atomic E-state index is 12.5. The fraction of sp³-hybridized carbons (Fsp3) is 0.730. The smallest absolute Gasteiger partial charge is 0.462 e. The zero-order chi connectivity index (χ0) is 34.7. The van der Waals surface area contributed by atoms with Crippen LogP contribution in [0.5, 0.6) is 0 Å². The van der Waals surface area contributed by atoms with Gasteiger partial charge >= 0.3 is 19.8 Å². The van der Waals surface area contributed by atoms with E-state index in [1.54, 1.807) is 0 Å². The zero-order valence-corrected chi connectivity index (χ0v) is 30.4. The number of carbonyl (C=O) groups is 2. The van der Waals surface area contributed by atoms with Gasteiger partial charge in [0.25, 0.3) is 0 Å². The van der Waals surface area contributed by atoms with Gasteiger partial charge in [-0.05, 0) is 51.4 Å². The van der Waals surface area contributed by atoms with Crippen molar-refractivity contribution in [2.45, 2.75) is 148 Å². The van der Waals surface area contributed by atoms with Crippen LogP contribution in [0.3, 0.4) is 0 Å². The third kappa shape index (κ3) is 33.7. The summed E-state index contributed by atoms with van der Waals surface area (Å²) in [5, 5.41) is 0. The monoisotopic (exact) mass is 683 g/mol. The first kappa shape index (κ1) is 45.0. The Kier molecular flexibility index (Phi) is 32.4. The SMILES string of the molecule is CCC/C=C/C/C=C/C/C=C/C/C=C/CCCCCC(=O)O[C@H](COC(=O)CCCCCCCCCCC)COP(=O)(O)OCCN. The van der Waals surface area contributed by atoms with E-state index in [1.165, 1.54) is 44.9 Å². The van der Waals surface area contributed by atoms with Crippen molar-refractivity contribution in [3.05, 3.63) is 48.6 Å². The minimum Gasteiger partial charge on any atom is -0.462 e. The number of rotatable bonds is 33. The molecule has 9 nitrogen and oxygen atoms in total. The minimum absolute atomic E-state index is 0.0468. The van der Waals surface area contributed by atoms with Crippen LogP contribution in [0.25, 0.3) is 0 Å². The number of unbranched alkanes of at least 4 members (excludes halogenated alkanes) is 12. The van der Waals surface area contributed by atoms with Gasteiger partial charge in [-0.2, -0.15) is 0 Å². The van der Waals surface area contributed by atoms with E-state index >= 15 is 0 Å². The van der Waals surface area contributed by atoms with Gasteiger partial charge < -0.3 is 20.1 Å². The number of esters is 2. The fourth-order valence-corrected chi connectivity index (χ4v) is 5.27. The molecule has 3 N–H and O–H groups in total. The van der Waals surface area contributed by atoms with Crippen LogP contribution < -0.4 is 5.73 Å². The molecule has 0 rings (SSSR count). The van der Waals surface area contributed by atoms with Crippen molar-refractivity contribution >= 4 is 19.8 Å². The first-order valence-electron chi connectivity index (χ1n) is 18.1. The van der Waals surface area contributed by atoms with Crippen LogP contribution in [0.15, 0.2) is 48.6 Å². The quantitative estimate of drug-likeness (QED) is 0.0300. The Hall–Kier alpha value is -2.03. The summed E-state index contributed by atoms with van der Waals surface area (Å²) in [4.78, 5) is 34.6. The Bertz CT molecular complexity index is 918. The average Bonchev–Trinajstić information content (AvgIpc) is 3.05. The molecule has 0 radical (unpaired) electrons. The van der Waals surface area contributed by atoms with Crippen molar-refractivity contribution in [2.24, 2.45) is 5.73 Å². The van der Waals surface area contributed by atoms with E-state index in [-0.39, 0.29) is 32.6 Å². The van der Waals surface area contributed by atoms with Crippen molar-refractivity contribution < 1.29 is 37.6 Å². The molecular weight excluding hydrogens is 617 g/mol. The number of hydrogen-bond acceptors (Lipinski definition) is 8. The predicted molar refractivity (Wildman–Crippen MR) is 192 cm³/mol. The lowest BCUT2D eigenvalue weighted by atomic mass is 10.1. The molecule has 0 aromatic rings. The fourth-order valence-electron chi connectivity index (χ4n) is 4.51. The lowest BCUT2D eigenvalue weighted by Gasteiger charge is -2.19. The summed E-state index contributed by atoms with van der Waals surface area (Å²) in [6, 6.07) is 0. The maximum Gasteiger partial charge on any atom is 0.472 e. The Morgan fingerprint density at radius 3 is 1.72 bits per heavy atom. The molecule has 0 aliphatic carbocycles. The normalized spacial score (nSPS) is 14.0. The van der Waals surface area contributed by atoms with E-state index in [9.17, 15) is 19.0 Å². The second kappa shape index (κ2) is 33.9. The molecule has 0 aromatic heterocycles. The van der Waals surface area contributed by atoms with Crippen LogP contribution in [0, 0.1) is 0 Å². The largest absolute Gasteiger partial charge is 0.472 e. The van der Waals surface area contributed by atoms with Crippen molar-refractivity contribution in [2.75, 3.05) is 26.4 Å². The van der Waals surface area contributed by atoms with Crippen LogP contribution in [-0.2, 0) is 32.7 Å². The van der Waals surface area contributed by atoms with Gasteiger partial charge in [-0.25, -0.2) is 4.57 Å². The Labute approximate surface area is 286 Å². The molecule has 0 saturated carbocycles. The third-order valence-corrected chi connectivity index (χ3v) is 8.18. The highest BCUT2D eigenvalue weighted by Crippen LogP contribution is 2.43. The van der Waals surface area contributed by atoms with Crippen LogP contribution in [0.4, 0.5) is 0 Å². The molecule has 2 atom stereocenters. The molecule has 272 valence electrons. The highest BCUT2D eigenvalue weighted by molar-refractivity contribution is 7.47. The van der Waals surface area contributed by atoms with Crippen molar-refractivity contribution in [3.63, 3.8) is 0 Å². The Morgan fingerprint density at radius 2 is 1.15 bits per heavy atom. The summed E-state index contributed by atoms with van der Waals surface area (Å²) >= 11 is 0. The second-order valence-electron chi connectivity index (χ2n) is 11.7. The van der Waals surface area contributed by atoms with E-state index in [0.717, 1.165) is 64.2 Å². The molecule has 0 aliphatic rings. The van der Waals surface area contributed by atoms with Crippen LogP contribution in [0.1, 0.15) is 142 Å². The first-order chi connectivity index (χ1) is 22.8. The summed E-state index contributed by atoms with van der Waals surface area (Å²) in [5.74, 6) is -0.872. The minimum atomic E-state index is -4.37. The van der Waals surface area contributed by atoms with Crippen molar-refractivity contribution in [1.29, 1.82) is 0 Å². The average molecular weight is 684 g/mol. The molecule has 0 fully saturated rings. The van der Waals surface area contributed by atoms with Crippen LogP contribution >= 0.6 is 7.82 Å². The number of allylic oxidation sites excluding steroid dienone is 8. The lowest BCUT2D eigenvalue weighted by Crippen LogP contribution is -2.29. The van der Waals surface area contributed by atoms with E-state index in [1.807, 2.05) is 0 Å². The third-order valence-electron chi connectivity index (χ3n) is 7.20. The number of nitrogens with two attached hydrogens (primary N) is 1. The number of ether oxygens (including phenoxy) is 2. The van der Waals surface area contributed by atoms with E-state index in [4.69, 9.17) is 24.3 Å². The van der Waals surface area contributed by atoms with Gasteiger partial charge in [-0.15, -0.1) is 0 Å². The first-order valence-corrected chi connectivity index (χ1v) is 19.6. The van der Waals surface area contributed by atoms with Gasteiger partial charge in [-0.1, -0.05) is 127 Å². The molecule has 0 bridgehead atoms. The van der Waals surface area contributed by atoms with Gasteiger partial charge in [0, 0.05) is 19.4 Å². The molecule has 0 amide bonds.